The molecule has 0 aliphatic rings. The third-order valence-corrected chi connectivity index (χ3v) is 4.63. The molecule has 0 bridgehead atoms. The van der Waals surface area contributed by atoms with Crippen molar-refractivity contribution in [2.75, 3.05) is 0 Å². The van der Waals surface area contributed by atoms with E-state index < -0.39 is 0 Å². The third kappa shape index (κ3) is 3.25. The summed E-state index contributed by atoms with van der Waals surface area (Å²) < 4.78 is 1.86. The number of para-hydroxylation sites is 2. The number of benzene rings is 2. The van der Waals surface area contributed by atoms with Crippen LogP contribution in [-0.2, 0) is 4.79 Å². The number of nitrogens with zero attached hydrogens (tertiary/aromatic N) is 2. The van der Waals surface area contributed by atoms with Gasteiger partial charge in [-0.1, -0.05) is 41.4 Å². The lowest BCUT2D eigenvalue weighted by atomic mass is 10.1. The Morgan fingerprint density at radius 1 is 1.17 bits per heavy atom. The lowest BCUT2D eigenvalue weighted by molar-refractivity contribution is -0.124. The molecule has 124 valence electrons. The van der Waals surface area contributed by atoms with E-state index in [2.05, 4.69) is 10.3 Å². The van der Waals surface area contributed by atoms with Crippen molar-refractivity contribution in [3.63, 3.8) is 0 Å². The van der Waals surface area contributed by atoms with Crippen molar-refractivity contribution in [3.8, 4) is 0 Å². The lowest BCUT2D eigenvalue weighted by Crippen LogP contribution is -2.33. The fraction of sp³-hybridized carbons (Fsp3) is 0.222. The van der Waals surface area contributed by atoms with Gasteiger partial charge < -0.3 is 9.88 Å². The molecule has 0 saturated heterocycles. The molecule has 4 nitrogen and oxygen atoms in total. The molecule has 2 atom stereocenters. The van der Waals surface area contributed by atoms with E-state index in [0.717, 1.165) is 16.6 Å². The fourth-order valence-corrected chi connectivity index (χ4v) is 3.25. The normalized spacial score (nSPS) is 13.7. The van der Waals surface area contributed by atoms with E-state index in [1.54, 1.807) is 18.5 Å². The summed E-state index contributed by atoms with van der Waals surface area (Å²) in [6, 6.07) is 12.4. The van der Waals surface area contributed by atoms with Crippen molar-refractivity contribution in [1.29, 1.82) is 0 Å². The highest BCUT2D eigenvalue weighted by Gasteiger charge is 2.20. The first-order chi connectivity index (χ1) is 11.5. The number of rotatable bonds is 4. The predicted octanol–water partition coefficient (Wildman–Crippen LogP) is 4.78. The molecule has 1 heterocycles. The van der Waals surface area contributed by atoms with Crippen molar-refractivity contribution in [2.24, 2.45) is 0 Å². The molecule has 0 spiro atoms. The van der Waals surface area contributed by atoms with Gasteiger partial charge in [0.2, 0.25) is 5.91 Å². The minimum absolute atomic E-state index is 0.100. The Morgan fingerprint density at radius 3 is 2.67 bits per heavy atom. The van der Waals surface area contributed by atoms with E-state index >= 15 is 0 Å². The zero-order valence-electron chi connectivity index (χ0n) is 13.3. The number of carbonyl (C=O) groups is 1. The molecule has 1 N–H and O–H groups in total. The van der Waals surface area contributed by atoms with Crippen LogP contribution in [0.3, 0.4) is 0 Å². The Labute approximate surface area is 150 Å². The first-order valence-electron chi connectivity index (χ1n) is 7.64. The second-order valence-electron chi connectivity index (χ2n) is 5.71. The molecular weight excluding hydrogens is 345 g/mol. The molecule has 0 aliphatic carbocycles. The maximum Gasteiger partial charge on any atom is 0.243 e. The molecule has 3 aromatic rings. The van der Waals surface area contributed by atoms with Crippen molar-refractivity contribution in [3.05, 3.63) is 64.4 Å². The molecule has 6 heteroatoms. The number of hydrogen-bond donors (Lipinski definition) is 1. The van der Waals surface area contributed by atoms with Gasteiger partial charge in [-0.05, 0) is 43.7 Å². The van der Waals surface area contributed by atoms with Crippen LogP contribution in [0.15, 0.2) is 48.8 Å². The Morgan fingerprint density at radius 2 is 1.92 bits per heavy atom. The summed E-state index contributed by atoms with van der Waals surface area (Å²) in [4.78, 5) is 16.9. The summed E-state index contributed by atoms with van der Waals surface area (Å²) >= 11 is 12.1. The maximum absolute atomic E-state index is 12.6. The van der Waals surface area contributed by atoms with Crippen LogP contribution >= 0.6 is 23.2 Å². The van der Waals surface area contributed by atoms with Gasteiger partial charge in [0, 0.05) is 10.0 Å². The molecule has 3 rings (SSSR count). The first-order valence-corrected chi connectivity index (χ1v) is 8.40. The summed E-state index contributed by atoms with van der Waals surface area (Å²) in [6.45, 7) is 3.74. The molecule has 2 aromatic carbocycles. The average Bonchev–Trinajstić information content (AvgIpc) is 2.97. The van der Waals surface area contributed by atoms with Gasteiger partial charge in [-0.3, -0.25) is 4.79 Å². The average molecular weight is 362 g/mol. The zero-order chi connectivity index (χ0) is 17.3. The van der Waals surface area contributed by atoms with E-state index in [0.29, 0.717) is 10.0 Å². The first kappa shape index (κ1) is 16.8. The number of imidazole rings is 1. The van der Waals surface area contributed by atoms with Crippen LogP contribution in [0.4, 0.5) is 0 Å². The molecule has 1 aromatic heterocycles. The molecular formula is C18H17Cl2N3O. The van der Waals surface area contributed by atoms with Crippen molar-refractivity contribution >= 4 is 40.1 Å². The largest absolute Gasteiger partial charge is 0.348 e. The Kier molecular flexibility index (Phi) is 4.78. The lowest BCUT2D eigenvalue weighted by Gasteiger charge is -2.20. The van der Waals surface area contributed by atoms with Gasteiger partial charge in [-0.2, -0.15) is 0 Å². The van der Waals surface area contributed by atoms with Gasteiger partial charge in [0.15, 0.2) is 0 Å². The fourth-order valence-electron chi connectivity index (χ4n) is 2.68. The van der Waals surface area contributed by atoms with E-state index in [-0.39, 0.29) is 18.0 Å². The number of halogens is 2. The van der Waals surface area contributed by atoms with E-state index in [9.17, 15) is 4.79 Å². The highest BCUT2D eigenvalue weighted by molar-refractivity contribution is 6.35. The SMILES string of the molecule is CC(NC(=O)C(C)n1cnc2ccccc21)c1ccc(Cl)cc1Cl. The summed E-state index contributed by atoms with van der Waals surface area (Å²) in [7, 11) is 0. The van der Waals surface area contributed by atoms with E-state index in [1.165, 1.54) is 0 Å². The summed E-state index contributed by atoms with van der Waals surface area (Å²) in [6.07, 6.45) is 1.69. The van der Waals surface area contributed by atoms with Crippen molar-refractivity contribution in [1.82, 2.24) is 14.9 Å². The van der Waals surface area contributed by atoms with E-state index in [1.807, 2.05) is 48.7 Å². The van der Waals surface area contributed by atoms with Gasteiger partial charge in [-0.15, -0.1) is 0 Å². The third-order valence-electron chi connectivity index (χ3n) is 4.07. The van der Waals surface area contributed by atoms with Crippen LogP contribution in [0.1, 0.15) is 31.5 Å². The molecule has 1 amide bonds. The summed E-state index contributed by atoms with van der Waals surface area (Å²) in [5.41, 5.74) is 2.63. The van der Waals surface area contributed by atoms with Gasteiger partial charge in [0.25, 0.3) is 0 Å². The standard InChI is InChI=1S/C18H17Cl2N3O/c1-11(14-8-7-13(19)9-15(14)20)22-18(24)12(2)23-10-21-16-5-3-4-6-17(16)23/h3-12H,1-2H3,(H,22,24). The Balaban J connectivity index is 1.79. The summed E-state index contributed by atoms with van der Waals surface area (Å²) in [5.74, 6) is -0.100. The molecule has 0 aliphatic heterocycles. The topological polar surface area (TPSA) is 46.9 Å². The second-order valence-corrected chi connectivity index (χ2v) is 6.56. The number of carbonyl (C=O) groups excluding carboxylic acids is 1. The summed E-state index contributed by atoms with van der Waals surface area (Å²) in [5, 5.41) is 4.10. The van der Waals surface area contributed by atoms with Gasteiger partial charge in [0.05, 0.1) is 23.4 Å². The molecule has 2 unspecified atom stereocenters. The van der Waals surface area contributed by atoms with Crippen LogP contribution in [0, 0.1) is 0 Å². The number of nitrogens with one attached hydrogen (secondary N) is 1. The number of aromatic nitrogens is 2. The smallest absolute Gasteiger partial charge is 0.243 e. The maximum atomic E-state index is 12.6. The van der Waals surface area contributed by atoms with Gasteiger partial charge >= 0.3 is 0 Å². The van der Waals surface area contributed by atoms with Crippen LogP contribution in [0.25, 0.3) is 11.0 Å². The monoisotopic (exact) mass is 361 g/mol. The highest BCUT2D eigenvalue weighted by Crippen LogP contribution is 2.26. The predicted molar refractivity (Wildman–Crippen MR) is 97.5 cm³/mol. The molecule has 0 fully saturated rings. The minimum atomic E-state index is -0.383. The van der Waals surface area contributed by atoms with Crippen LogP contribution < -0.4 is 5.32 Å². The van der Waals surface area contributed by atoms with Crippen LogP contribution in [0.2, 0.25) is 10.0 Å². The molecule has 0 saturated carbocycles. The quantitative estimate of drug-likeness (QED) is 0.726. The Bertz CT molecular complexity index is 891. The van der Waals surface area contributed by atoms with Crippen molar-refractivity contribution < 1.29 is 4.79 Å². The van der Waals surface area contributed by atoms with E-state index in [4.69, 9.17) is 23.2 Å². The zero-order valence-corrected chi connectivity index (χ0v) is 14.8. The Hall–Kier alpha value is -2.04. The van der Waals surface area contributed by atoms with Crippen LogP contribution in [-0.4, -0.2) is 15.5 Å². The van der Waals surface area contributed by atoms with Gasteiger partial charge in [-0.25, -0.2) is 4.98 Å². The molecule has 24 heavy (non-hydrogen) atoms. The minimum Gasteiger partial charge on any atom is -0.348 e. The second kappa shape index (κ2) is 6.83. The van der Waals surface area contributed by atoms with Gasteiger partial charge in [0.1, 0.15) is 6.04 Å². The highest BCUT2D eigenvalue weighted by atomic mass is 35.5. The van der Waals surface area contributed by atoms with Crippen LogP contribution in [0.5, 0.6) is 0 Å². The number of hydrogen-bond acceptors (Lipinski definition) is 2. The van der Waals surface area contributed by atoms with Crippen molar-refractivity contribution in [2.45, 2.75) is 25.9 Å². The molecule has 0 radical (unpaired) electrons. The number of amides is 1. The number of fused-ring (bicyclic) bond motifs is 1.